The average molecular weight is 334 g/mol. The Morgan fingerprint density at radius 1 is 1.26 bits per heavy atom. The van der Waals surface area contributed by atoms with Crippen LogP contribution in [-0.4, -0.2) is 23.0 Å². The van der Waals surface area contributed by atoms with Crippen LogP contribution in [0.5, 0.6) is 0 Å². The number of hydrogen-bond acceptors (Lipinski definition) is 3. The second-order valence-electron chi connectivity index (χ2n) is 5.69. The molecule has 0 radical (unpaired) electrons. The molecule has 1 aliphatic rings. The molecule has 3 rings (SSSR count). The molecule has 2 N–H and O–H groups in total. The minimum atomic E-state index is -1.02. The van der Waals surface area contributed by atoms with E-state index in [4.69, 9.17) is 16.0 Å². The van der Waals surface area contributed by atoms with Gasteiger partial charge in [0.1, 0.15) is 11.8 Å². The van der Waals surface area contributed by atoms with Crippen molar-refractivity contribution in [2.75, 3.05) is 0 Å². The highest BCUT2D eigenvalue weighted by Gasteiger charge is 2.31. The first-order chi connectivity index (χ1) is 11.0. The molecule has 1 atom stereocenters. The van der Waals surface area contributed by atoms with E-state index in [9.17, 15) is 14.7 Å². The largest absolute Gasteiger partial charge is 0.480 e. The lowest BCUT2D eigenvalue weighted by Crippen LogP contribution is -2.41. The summed E-state index contributed by atoms with van der Waals surface area (Å²) in [4.78, 5) is 23.4. The maximum absolute atomic E-state index is 12.2. The Morgan fingerprint density at radius 3 is 2.65 bits per heavy atom. The van der Waals surface area contributed by atoms with Gasteiger partial charge < -0.3 is 14.8 Å². The second kappa shape index (κ2) is 6.46. The second-order valence-corrected chi connectivity index (χ2v) is 6.09. The van der Waals surface area contributed by atoms with Crippen molar-refractivity contribution in [3.63, 3.8) is 0 Å². The summed E-state index contributed by atoms with van der Waals surface area (Å²) in [6.45, 7) is 0. The number of carboxylic acids is 1. The molecule has 0 spiro atoms. The van der Waals surface area contributed by atoms with Gasteiger partial charge in [0.05, 0.1) is 5.02 Å². The molecule has 0 saturated heterocycles. The monoisotopic (exact) mass is 333 g/mol. The van der Waals surface area contributed by atoms with Crippen molar-refractivity contribution >= 4 is 23.5 Å². The van der Waals surface area contributed by atoms with Crippen LogP contribution in [0.2, 0.25) is 5.02 Å². The van der Waals surface area contributed by atoms with E-state index in [1.807, 2.05) is 6.07 Å². The summed E-state index contributed by atoms with van der Waals surface area (Å²) >= 11 is 6.10. The number of rotatable bonds is 6. The lowest BCUT2D eigenvalue weighted by Gasteiger charge is -2.12. The highest BCUT2D eigenvalue weighted by atomic mass is 35.5. The van der Waals surface area contributed by atoms with Crippen LogP contribution in [0.1, 0.15) is 29.8 Å². The topological polar surface area (TPSA) is 79.5 Å². The van der Waals surface area contributed by atoms with Crippen molar-refractivity contribution < 1.29 is 19.1 Å². The number of carbonyl (C=O) groups is 2. The highest BCUT2D eigenvalue weighted by molar-refractivity contribution is 6.33. The Morgan fingerprint density at radius 2 is 2.00 bits per heavy atom. The van der Waals surface area contributed by atoms with Gasteiger partial charge in [-0.2, -0.15) is 0 Å². The van der Waals surface area contributed by atoms with Crippen LogP contribution in [-0.2, 0) is 4.79 Å². The number of furan rings is 1. The Labute approximate surface area is 138 Å². The van der Waals surface area contributed by atoms with Gasteiger partial charge in [-0.1, -0.05) is 36.6 Å². The highest BCUT2D eigenvalue weighted by Crippen LogP contribution is 2.33. The van der Waals surface area contributed by atoms with Crippen LogP contribution in [0.4, 0.5) is 0 Å². The summed E-state index contributed by atoms with van der Waals surface area (Å²) in [5.41, 5.74) is 0.681. The number of nitrogens with one attached hydrogen (secondary N) is 1. The van der Waals surface area contributed by atoms with E-state index in [1.165, 1.54) is 6.07 Å². The molecule has 5 nitrogen and oxygen atoms in total. The number of carboxylic acid groups (broad SMARTS) is 1. The molecular formula is C17H16ClNO4. The predicted octanol–water partition coefficient (Wildman–Crippen LogP) is 3.58. The number of amides is 1. The fourth-order valence-electron chi connectivity index (χ4n) is 2.40. The molecule has 1 saturated carbocycles. The van der Waals surface area contributed by atoms with Gasteiger partial charge in [0.2, 0.25) is 0 Å². The number of benzene rings is 1. The van der Waals surface area contributed by atoms with E-state index in [0.717, 1.165) is 12.8 Å². The third kappa shape index (κ3) is 3.74. The minimum Gasteiger partial charge on any atom is -0.480 e. The summed E-state index contributed by atoms with van der Waals surface area (Å²) in [6.07, 6.45) is 2.51. The molecule has 1 amide bonds. The number of aliphatic carboxylic acids is 1. The molecule has 120 valence electrons. The SMILES string of the molecule is O=C(NC(CC1CC1)C(=O)O)c1ccc(-c2ccccc2Cl)o1. The van der Waals surface area contributed by atoms with Crippen LogP contribution in [0, 0.1) is 5.92 Å². The Kier molecular flexibility index (Phi) is 4.39. The van der Waals surface area contributed by atoms with Gasteiger partial charge >= 0.3 is 5.97 Å². The van der Waals surface area contributed by atoms with E-state index in [2.05, 4.69) is 5.32 Å². The molecule has 0 bridgehead atoms. The molecule has 1 aliphatic carbocycles. The number of halogens is 1. The first-order valence-electron chi connectivity index (χ1n) is 7.43. The van der Waals surface area contributed by atoms with Crippen LogP contribution >= 0.6 is 11.6 Å². The quantitative estimate of drug-likeness (QED) is 0.846. The third-order valence-electron chi connectivity index (χ3n) is 3.84. The number of carbonyl (C=O) groups excluding carboxylic acids is 1. The maximum atomic E-state index is 12.2. The molecule has 2 aromatic rings. The average Bonchev–Trinajstić information content (AvgIpc) is 3.20. The van der Waals surface area contributed by atoms with Gasteiger partial charge in [-0.05, 0) is 36.6 Å². The lowest BCUT2D eigenvalue weighted by molar-refractivity contribution is -0.139. The fourth-order valence-corrected chi connectivity index (χ4v) is 2.63. The normalized spacial score (nSPS) is 15.2. The van der Waals surface area contributed by atoms with Crippen LogP contribution in [0.15, 0.2) is 40.8 Å². The van der Waals surface area contributed by atoms with Crippen LogP contribution in [0.25, 0.3) is 11.3 Å². The van der Waals surface area contributed by atoms with Crippen molar-refractivity contribution in [1.29, 1.82) is 0 Å². The molecular weight excluding hydrogens is 318 g/mol. The molecule has 1 heterocycles. The molecule has 0 aliphatic heterocycles. The third-order valence-corrected chi connectivity index (χ3v) is 4.17. The zero-order valence-corrected chi connectivity index (χ0v) is 13.0. The number of hydrogen-bond donors (Lipinski definition) is 2. The van der Waals surface area contributed by atoms with Gasteiger partial charge in [0.15, 0.2) is 5.76 Å². The van der Waals surface area contributed by atoms with Crippen molar-refractivity contribution in [2.45, 2.75) is 25.3 Å². The van der Waals surface area contributed by atoms with Crippen molar-refractivity contribution in [2.24, 2.45) is 5.92 Å². The van der Waals surface area contributed by atoms with Crippen molar-refractivity contribution in [3.8, 4) is 11.3 Å². The van der Waals surface area contributed by atoms with Crippen molar-refractivity contribution in [1.82, 2.24) is 5.32 Å². The molecule has 1 fully saturated rings. The summed E-state index contributed by atoms with van der Waals surface area (Å²) < 4.78 is 5.52. The molecule has 1 aromatic carbocycles. The van der Waals surface area contributed by atoms with E-state index < -0.39 is 17.9 Å². The predicted molar refractivity (Wildman–Crippen MR) is 85.4 cm³/mol. The molecule has 1 aromatic heterocycles. The Hall–Kier alpha value is -2.27. The van der Waals surface area contributed by atoms with E-state index in [-0.39, 0.29) is 5.76 Å². The first-order valence-corrected chi connectivity index (χ1v) is 7.81. The van der Waals surface area contributed by atoms with E-state index in [1.54, 1.807) is 24.3 Å². The summed E-state index contributed by atoms with van der Waals surface area (Å²) in [6, 6.07) is 9.42. The van der Waals surface area contributed by atoms with Gasteiger partial charge in [-0.25, -0.2) is 4.79 Å². The summed E-state index contributed by atoms with van der Waals surface area (Å²) in [5, 5.41) is 12.2. The maximum Gasteiger partial charge on any atom is 0.326 e. The van der Waals surface area contributed by atoms with E-state index in [0.29, 0.717) is 28.7 Å². The molecule has 1 unspecified atom stereocenters. The minimum absolute atomic E-state index is 0.0713. The molecule has 23 heavy (non-hydrogen) atoms. The summed E-state index contributed by atoms with van der Waals surface area (Å²) in [5.74, 6) is -0.622. The fraction of sp³-hybridized carbons (Fsp3) is 0.294. The van der Waals surface area contributed by atoms with Crippen molar-refractivity contribution in [3.05, 3.63) is 47.2 Å². The lowest BCUT2D eigenvalue weighted by atomic mass is 10.1. The van der Waals surface area contributed by atoms with Gasteiger partial charge in [0.25, 0.3) is 5.91 Å². The van der Waals surface area contributed by atoms with Gasteiger partial charge in [-0.15, -0.1) is 0 Å². The van der Waals surface area contributed by atoms with Crippen LogP contribution in [0.3, 0.4) is 0 Å². The Bertz CT molecular complexity index is 736. The van der Waals surface area contributed by atoms with Crippen LogP contribution < -0.4 is 5.32 Å². The van der Waals surface area contributed by atoms with Gasteiger partial charge in [0, 0.05) is 5.56 Å². The van der Waals surface area contributed by atoms with Gasteiger partial charge in [-0.3, -0.25) is 4.79 Å². The Balaban J connectivity index is 1.73. The summed E-state index contributed by atoms with van der Waals surface area (Å²) in [7, 11) is 0. The smallest absolute Gasteiger partial charge is 0.326 e. The zero-order valence-electron chi connectivity index (χ0n) is 12.3. The standard InChI is InChI=1S/C17H16ClNO4/c18-12-4-2-1-3-11(12)14-7-8-15(23-14)16(20)19-13(17(21)22)9-10-5-6-10/h1-4,7-8,10,13H,5-6,9H2,(H,19,20)(H,21,22). The van der Waals surface area contributed by atoms with E-state index >= 15 is 0 Å². The molecule has 6 heteroatoms. The zero-order chi connectivity index (χ0) is 16.4. The first kappa shape index (κ1) is 15.6.